The van der Waals surface area contributed by atoms with Crippen LogP contribution in [0.2, 0.25) is 0 Å². The molecule has 23 heavy (non-hydrogen) atoms. The Morgan fingerprint density at radius 3 is 2.13 bits per heavy atom. The minimum Gasteiger partial charge on any atom is -0.398 e. The first-order valence-corrected chi connectivity index (χ1v) is 9.12. The maximum atomic E-state index is 12.6. The van der Waals surface area contributed by atoms with Crippen molar-refractivity contribution in [2.75, 3.05) is 31.9 Å². The van der Waals surface area contributed by atoms with Gasteiger partial charge >= 0.3 is 0 Å². The molecule has 0 aliphatic carbocycles. The smallest absolute Gasteiger partial charge is 0.243 e. The summed E-state index contributed by atoms with van der Waals surface area (Å²) < 4.78 is 26.8. The Balaban J connectivity index is 1.64. The first kappa shape index (κ1) is 16.0. The molecule has 2 aromatic carbocycles. The van der Waals surface area contributed by atoms with Crippen LogP contribution in [0.3, 0.4) is 0 Å². The average molecular weight is 331 g/mol. The van der Waals surface area contributed by atoms with Crippen LogP contribution in [0.25, 0.3) is 0 Å². The number of nitrogens with zero attached hydrogens (tertiary/aromatic N) is 2. The summed E-state index contributed by atoms with van der Waals surface area (Å²) in [7, 11) is -3.38. The Morgan fingerprint density at radius 2 is 1.48 bits per heavy atom. The van der Waals surface area contributed by atoms with Crippen LogP contribution >= 0.6 is 0 Å². The summed E-state index contributed by atoms with van der Waals surface area (Å²) in [5.74, 6) is 0. The number of hydrogen-bond donors (Lipinski definition) is 1. The number of hydrogen-bond acceptors (Lipinski definition) is 4. The third-order valence-corrected chi connectivity index (χ3v) is 6.07. The molecule has 0 atom stereocenters. The van der Waals surface area contributed by atoms with Crippen molar-refractivity contribution in [2.45, 2.75) is 11.4 Å². The molecule has 3 rings (SSSR count). The summed E-state index contributed by atoms with van der Waals surface area (Å²) in [4.78, 5) is 2.60. The monoisotopic (exact) mass is 331 g/mol. The van der Waals surface area contributed by atoms with Gasteiger partial charge in [-0.15, -0.1) is 0 Å². The Morgan fingerprint density at radius 1 is 0.870 bits per heavy atom. The van der Waals surface area contributed by atoms with Gasteiger partial charge in [-0.2, -0.15) is 4.31 Å². The average Bonchev–Trinajstić information content (AvgIpc) is 2.58. The van der Waals surface area contributed by atoms with Gasteiger partial charge in [-0.05, 0) is 23.8 Å². The lowest BCUT2D eigenvalue weighted by molar-refractivity contribution is 0.182. The van der Waals surface area contributed by atoms with E-state index in [0.29, 0.717) is 31.1 Å². The lowest BCUT2D eigenvalue weighted by atomic mass is 10.1. The molecule has 0 unspecified atom stereocenters. The molecule has 122 valence electrons. The molecule has 0 spiro atoms. The van der Waals surface area contributed by atoms with Crippen molar-refractivity contribution < 1.29 is 8.42 Å². The van der Waals surface area contributed by atoms with Gasteiger partial charge in [0, 0.05) is 38.4 Å². The van der Waals surface area contributed by atoms with Crippen molar-refractivity contribution in [1.29, 1.82) is 0 Å². The summed E-state index contributed by atoms with van der Waals surface area (Å²) in [6.45, 7) is 3.18. The van der Waals surface area contributed by atoms with E-state index in [1.807, 2.05) is 30.3 Å². The van der Waals surface area contributed by atoms with Crippen molar-refractivity contribution in [2.24, 2.45) is 0 Å². The SMILES string of the molecule is Nc1ccccc1CN1CCN(S(=O)(=O)c2ccccc2)CC1. The molecule has 2 aromatic rings. The highest BCUT2D eigenvalue weighted by atomic mass is 32.2. The summed E-state index contributed by atoms with van der Waals surface area (Å²) in [5.41, 5.74) is 7.85. The standard InChI is InChI=1S/C17H21N3O2S/c18-17-9-5-4-6-15(17)14-19-10-12-20(13-11-19)23(21,22)16-7-2-1-3-8-16/h1-9H,10-14,18H2. The van der Waals surface area contributed by atoms with E-state index in [1.54, 1.807) is 28.6 Å². The number of anilines is 1. The third kappa shape index (κ3) is 3.55. The van der Waals surface area contributed by atoms with Gasteiger partial charge in [0.05, 0.1) is 4.90 Å². The van der Waals surface area contributed by atoms with Gasteiger partial charge in [0.1, 0.15) is 0 Å². The van der Waals surface area contributed by atoms with E-state index in [2.05, 4.69) is 4.90 Å². The summed E-state index contributed by atoms with van der Waals surface area (Å²) in [6, 6.07) is 16.4. The number of rotatable bonds is 4. The molecule has 1 aliphatic rings. The van der Waals surface area contributed by atoms with E-state index in [4.69, 9.17) is 5.73 Å². The number of sulfonamides is 1. The molecule has 2 N–H and O–H groups in total. The zero-order valence-corrected chi connectivity index (χ0v) is 13.7. The van der Waals surface area contributed by atoms with Gasteiger partial charge in [-0.25, -0.2) is 8.42 Å². The Bertz CT molecular complexity index is 754. The second-order valence-corrected chi connectivity index (χ2v) is 7.63. The largest absolute Gasteiger partial charge is 0.398 e. The summed E-state index contributed by atoms with van der Waals surface area (Å²) in [5, 5.41) is 0. The highest BCUT2D eigenvalue weighted by Gasteiger charge is 2.28. The molecule has 6 heteroatoms. The maximum Gasteiger partial charge on any atom is 0.243 e. The van der Waals surface area contributed by atoms with Crippen LogP contribution in [0.4, 0.5) is 5.69 Å². The number of nitrogens with two attached hydrogens (primary N) is 1. The van der Waals surface area contributed by atoms with Crippen molar-refractivity contribution in [1.82, 2.24) is 9.21 Å². The zero-order valence-electron chi connectivity index (χ0n) is 12.9. The molecule has 1 aliphatic heterocycles. The van der Waals surface area contributed by atoms with Crippen LogP contribution < -0.4 is 5.73 Å². The minimum absolute atomic E-state index is 0.362. The number of benzene rings is 2. The minimum atomic E-state index is -3.38. The van der Waals surface area contributed by atoms with E-state index in [1.165, 1.54) is 0 Å². The summed E-state index contributed by atoms with van der Waals surface area (Å²) >= 11 is 0. The highest BCUT2D eigenvalue weighted by Crippen LogP contribution is 2.19. The van der Waals surface area contributed by atoms with Crippen LogP contribution in [0.5, 0.6) is 0 Å². The van der Waals surface area contributed by atoms with Gasteiger partial charge in [0.25, 0.3) is 0 Å². The topological polar surface area (TPSA) is 66.6 Å². The molecule has 0 aromatic heterocycles. The maximum absolute atomic E-state index is 12.6. The molecule has 5 nitrogen and oxygen atoms in total. The van der Waals surface area contributed by atoms with Crippen molar-refractivity contribution >= 4 is 15.7 Å². The van der Waals surface area contributed by atoms with Gasteiger partial charge in [0.2, 0.25) is 10.0 Å². The van der Waals surface area contributed by atoms with Gasteiger partial charge < -0.3 is 5.73 Å². The van der Waals surface area contributed by atoms with Crippen LogP contribution in [-0.2, 0) is 16.6 Å². The molecule has 1 saturated heterocycles. The summed E-state index contributed by atoms with van der Waals surface area (Å²) in [6.07, 6.45) is 0. The first-order valence-electron chi connectivity index (χ1n) is 7.68. The molecule has 0 radical (unpaired) electrons. The second kappa shape index (κ2) is 6.70. The van der Waals surface area contributed by atoms with Gasteiger partial charge in [-0.3, -0.25) is 4.90 Å². The fraction of sp³-hybridized carbons (Fsp3) is 0.294. The number of piperazine rings is 1. The fourth-order valence-corrected chi connectivity index (χ4v) is 4.23. The van der Waals surface area contributed by atoms with E-state index < -0.39 is 10.0 Å². The predicted molar refractivity (Wildman–Crippen MR) is 91.3 cm³/mol. The van der Waals surface area contributed by atoms with Crippen LogP contribution in [0.15, 0.2) is 59.5 Å². The van der Waals surface area contributed by atoms with Crippen molar-refractivity contribution in [3.63, 3.8) is 0 Å². The third-order valence-electron chi connectivity index (χ3n) is 4.16. The van der Waals surface area contributed by atoms with E-state index in [-0.39, 0.29) is 0 Å². The van der Waals surface area contributed by atoms with Crippen LogP contribution in [-0.4, -0.2) is 43.8 Å². The van der Waals surface area contributed by atoms with E-state index in [0.717, 1.165) is 17.8 Å². The quantitative estimate of drug-likeness (QED) is 0.867. The molecule has 1 fully saturated rings. The Kier molecular flexibility index (Phi) is 4.66. The normalized spacial score (nSPS) is 17.2. The van der Waals surface area contributed by atoms with E-state index in [9.17, 15) is 8.42 Å². The van der Waals surface area contributed by atoms with Gasteiger partial charge in [-0.1, -0.05) is 36.4 Å². The highest BCUT2D eigenvalue weighted by molar-refractivity contribution is 7.89. The second-order valence-electron chi connectivity index (χ2n) is 5.69. The molecular formula is C17H21N3O2S. The zero-order chi connectivity index (χ0) is 16.3. The number of para-hydroxylation sites is 1. The molecule has 1 heterocycles. The lowest BCUT2D eigenvalue weighted by Gasteiger charge is -2.34. The first-order chi connectivity index (χ1) is 11.1. The van der Waals surface area contributed by atoms with Crippen molar-refractivity contribution in [3.8, 4) is 0 Å². The lowest BCUT2D eigenvalue weighted by Crippen LogP contribution is -2.48. The van der Waals surface area contributed by atoms with Crippen LogP contribution in [0.1, 0.15) is 5.56 Å². The molecular weight excluding hydrogens is 310 g/mol. The molecule has 0 bridgehead atoms. The molecule has 0 amide bonds. The predicted octanol–water partition coefficient (Wildman–Crippen LogP) is 1.78. The van der Waals surface area contributed by atoms with Crippen molar-refractivity contribution in [3.05, 3.63) is 60.2 Å². The van der Waals surface area contributed by atoms with Crippen LogP contribution in [0, 0.1) is 0 Å². The Hall–Kier alpha value is -1.89. The Labute approximate surface area is 137 Å². The van der Waals surface area contributed by atoms with E-state index >= 15 is 0 Å². The fourth-order valence-electron chi connectivity index (χ4n) is 2.79. The van der Waals surface area contributed by atoms with Gasteiger partial charge in [0.15, 0.2) is 0 Å². The number of nitrogen functional groups attached to an aromatic ring is 1. The molecule has 0 saturated carbocycles.